The standard InChI is InChI=1S/C14H16ClFN2O3/c1-21-14(20)18-6-2-3-9(8-18)13(19)17-10-4-5-12(16)11(15)7-10/h4-5,7,9H,2-3,6,8H2,1H3,(H,17,19). The van der Waals surface area contributed by atoms with Crippen LogP contribution >= 0.6 is 11.6 Å². The Balaban J connectivity index is 1.99. The molecule has 2 rings (SSSR count). The van der Waals surface area contributed by atoms with E-state index < -0.39 is 11.9 Å². The van der Waals surface area contributed by atoms with Crippen molar-refractivity contribution >= 4 is 29.3 Å². The van der Waals surface area contributed by atoms with Crippen molar-refractivity contribution < 1.29 is 18.7 Å². The highest BCUT2D eigenvalue weighted by Gasteiger charge is 2.28. The summed E-state index contributed by atoms with van der Waals surface area (Å²) in [5, 5.41) is 2.64. The molecule has 7 heteroatoms. The molecule has 0 saturated carbocycles. The largest absolute Gasteiger partial charge is 0.453 e. The van der Waals surface area contributed by atoms with Gasteiger partial charge < -0.3 is 15.0 Å². The Kier molecular flexibility index (Phi) is 5.01. The number of nitrogens with zero attached hydrogens (tertiary/aromatic N) is 1. The SMILES string of the molecule is COC(=O)N1CCCC(C(=O)Nc2ccc(F)c(Cl)c2)C1. The molecule has 1 saturated heterocycles. The maximum Gasteiger partial charge on any atom is 0.409 e. The first-order chi connectivity index (χ1) is 10.0. The number of methoxy groups -OCH3 is 1. The number of likely N-dealkylation sites (tertiary alicyclic amines) is 1. The second-order valence-corrected chi connectivity index (χ2v) is 5.28. The molecule has 1 aromatic carbocycles. The second kappa shape index (κ2) is 6.76. The highest BCUT2D eigenvalue weighted by atomic mass is 35.5. The molecule has 1 aliphatic rings. The Labute approximate surface area is 127 Å². The predicted octanol–water partition coefficient (Wildman–Crippen LogP) is 2.90. The van der Waals surface area contributed by atoms with Gasteiger partial charge in [-0.15, -0.1) is 0 Å². The number of hydrogen-bond donors (Lipinski definition) is 1. The fourth-order valence-corrected chi connectivity index (χ4v) is 2.48. The van der Waals surface area contributed by atoms with E-state index in [4.69, 9.17) is 11.6 Å². The third-order valence-corrected chi connectivity index (χ3v) is 3.70. The molecule has 1 atom stereocenters. The molecular formula is C14H16ClFN2O3. The van der Waals surface area contributed by atoms with Crippen LogP contribution in [0.4, 0.5) is 14.9 Å². The fourth-order valence-electron chi connectivity index (χ4n) is 2.30. The maximum atomic E-state index is 13.1. The molecule has 0 radical (unpaired) electrons. The highest BCUT2D eigenvalue weighted by molar-refractivity contribution is 6.31. The molecule has 21 heavy (non-hydrogen) atoms. The Morgan fingerprint density at radius 1 is 1.48 bits per heavy atom. The Hall–Kier alpha value is -1.82. The van der Waals surface area contributed by atoms with E-state index in [0.717, 1.165) is 6.42 Å². The Bertz CT molecular complexity index is 553. The molecule has 1 aliphatic heterocycles. The zero-order valence-electron chi connectivity index (χ0n) is 11.6. The third kappa shape index (κ3) is 3.85. The van der Waals surface area contributed by atoms with Crippen LogP contribution in [0.15, 0.2) is 18.2 Å². The molecule has 1 N–H and O–H groups in total. The number of hydrogen-bond acceptors (Lipinski definition) is 3. The first kappa shape index (κ1) is 15.6. The van der Waals surface area contributed by atoms with Crippen LogP contribution in [0.2, 0.25) is 5.02 Å². The fraction of sp³-hybridized carbons (Fsp3) is 0.429. The number of benzene rings is 1. The molecule has 5 nitrogen and oxygen atoms in total. The highest BCUT2D eigenvalue weighted by Crippen LogP contribution is 2.22. The third-order valence-electron chi connectivity index (χ3n) is 3.41. The van der Waals surface area contributed by atoms with Crippen LogP contribution in [0.1, 0.15) is 12.8 Å². The maximum absolute atomic E-state index is 13.1. The van der Waals surface area contributed by atoms with E-state index in [9.17, 15) is 14.0 Å². The van der Waals surface area contributed by atoms with Crippen LogP contribution in [0.5, 0.6) is 0 Å². The molecular weight excluding hydrogens is 299 g/mol. The van der Waals surface area contributed by atoms with E-state index in [0.29, 0.717) is 25.2 Å². The van der Waals surface area contributed by atoms with E-state index in [1.165, 1.54) is 30.2 Å². The molecule has 1 heterocycles. The molecule has 1 aromatic rings. The number of nitrogens with one attached hydrogen (secondary N) is 1. The lowest BCUT2D eigenvalue weighted by molar-refractivity contribution is -0.121. The van der Waals surface area contributed by atoms with Crippen molar-refractivity contribution in [3.63, 3.8) is 0 Å². The summed E-state index contributed by atoms with van der Waals surface area (Å²) in [6, 6.07) is 4.00. The predicted molar refractivity (Wildman–Crippen MR) is 76.7 cm³/mol. The molecule has 114 valence electrons. The van der Waals surface area contributed by atoms with Gasteiger partial charge in [0.25, 0.3) is 0 Å². The average Bonchev–Trinajstić information content (AvgIpc) is 2.50. The number of halogens is 2. The Morgan fingerprint density at radius 3 is 2.90 bits per heavy atom. The summed E-state index contributed by atoms with van der Waals surface area (Å²) < 4.78 is 17.7. The molecule has 0 bridgehead atoms. The van der Waals surface area contributed by atoms with Crippen molar-refractivity contribution in [2.24, 2.45) is 5.92 Å². The molecule has 0 aliphatic carbocycles. The van der Waals surface area contributed by atoms with Gasteiger partial charge in [-0.25, -0.2) is 9.18 Å². The summed E-state index contributed by atoms with van der Waals surface area (Å²) in [4.78, 5) is 25.2. The topological polar surface area (TPSA) is 58.6 Å². The van der Waals surface area contributed by atoms with Gasteiger partial charge in [0.2, 0.25) is 5.91 Å². The van der Waals surface area contributed by atoms with Gasteiger partial charge in [0, 0.05) is 18.8 Å². The van der Waals surface area contributed by atoms with E-state index in [2.05, 4.69) is 10.1 Å². The van der Waals surface area contributed by atoms with Gasteiger partial charge >= 0.3 is 6.09 Å². The number of amides is 2. The number of ether oxygens (including phenoxy) is 1. The lowest BCUT2D eigenvalue weighted by Gasteiger charge is -2.30. The van der Waals surface area contributed by atoms with Crippen LogP contribution in [0, 0.1) is 11.7 Å². The molecule has 1 unspecified atom stereocenters. The summed E-state index contributed by atoms with van der Waals surface area (Å²) in [6.07, 6.45) is 0.989. The van der Waals surface area contributed by atoms with Crippen molar-refractivity contribution in [2.75, 3.05) is 25.5 Å². The van der Waals surface area contributed by atoms with E-state index in [1.54, 1.807) is 0 Å². The second-order valence-electron chi connectivity index (χ2n) is 4.87. The summed E-state index contributed by atoms with van der Waals surface area (Å²) in [6.45, 7) is 0.895. The summed E-state index contributed by atoms with van der Waals surface area (Å²) in [5.41, 5.74) is 0.432. The van der Waals surface area contributed by atoms with Crippen LogP contribution in [0.25, 0.3) is 0 Å². The summed E-state index contributed by atoms with van der Waals surface area (Å²) >= 11 is 5.67. The van der Waals surface area contributed by atoms with Gasteiger partial charge in [0.05, 0.1) is 18.1 Å². The van der Waals surface area contributed by atoms with Gasteiger partial charge in [-0.2, -0.15) is 0 Å². The Morgan fingerprint density at radius 2 is 2.24 bits per heavy atom. The average molecular weight is 315 g/mol. The first-order valence-corrected chi connectivity index (χ1v) is 6.98. The minimum atomic E-state index is -0.538. The molecule has 2 amide bonds. The minimum absolute atomic E-state index is 0.0485. The zero-order valence-corrected chi connectivity index (χ0v) is 12.3. The number of anilines is 1. The summed E-state index contributed by atoms with van der Waals surface area (Å²) in [7, 11) is 1.31. The molecule has 0 spiro atoms. The van der Waals surface area contributed by atoms with Gasteiger partial charge in [-0.3, -0.25) is 4.79 Å². The lowest BCUT2D eigenvalue weighted by atomic mass is 9.97. The van der Waals surface area contributed by atoms with Crippen molar-refractivity contribution in [1.82, 2.24) is 4.90 Å². The molecule has 1 fully saturated rings. The van der Waals surface area contributed by atoms with E-state index in [1.807, 2.05) is 0 Å². The van der Waals surface area contributed by atoms with Crippen molar-refractivity contribution in [3.8, 4) is 0 Å². The van der Waals surface area contributed by atoms with Crippen LogP contribution < -0.4 is 5.32 Å². The van der Waals surface area contributed by atoms with Crippen molar-refractivity contribution in [1.29, 1.82) is 0 Å². The minimum Gasteiger partial charge on any atom is -0.453 e. The normalized spacial score (nSPS) is 18.2. The van der Waals surface area contributed by atoms with Crippen LogP contribution in [-0.4, -0.2) is 37.1 Å². The van der Waals surface area contributed by atoms with Gasteiger partial charge in [-0.05, 0) is 31.0 Å². The number of piperidine rings is 1. The smallest absolute Gasteiger partial charge is 0.409 e. The van der Waals surface area contributed by atoms with Gasteiger partial charge in [0.1, 0.15) is 5.82 Å². The number of rotatable bonds is 2. The van der Waals surface area contributed by atoms with Crippen molar-refractivity contribution in [3.05, 3.63) is 29.0 Å². The van der Waals surface area contributed by atoms with Crippen LogP contribution in [0.3, 0.4) is 0 Å². The number of carbonyl (C=O) groups excluding carboxylic acids is 2. The van der Waals surface area contributed by atoms with Gasteiger partial charge in [0.15, 0.2) is 0 Å². The quantitative estimate of drug-likeness (QED) is 0.913. The molecule has 0 aromatic heterocycles. The lowest BCUT2D eigenvalue weighted by Crippen LogP contribution is -2.43. The first-order valence-electron chi connectivity index (χ1n) is 6.60. The van der Waals surface area contributed by atoms with E-state index in [-0.39, 0.29) is 16.8 Å². The monoisotopic (exact) mass is 314 g/mol. The zero-order chi connectivity index (χ0) is 15.4. The number of carbonyl (C=O) groups is 2. The van der Waals surface area contributed by atoms with Crippen LogP contribution in [-0.2, 0) is 9.53 Å². The van der Waals surface area contributed by atoms with Crippen molar-refractivity contribution in [2.45, 2.75) is 12.8 Å². The van der Waals surface area contributed by atoms with E-state index >= 15 is 0 Å². The van der Waals surface area contributed by atoms with Gasteiger partial charge in [-0.1, -0.05) is 11.6 Å². The summed E-state index contributed by atoms with van der Waals surface area (Å²) in [5.74, 6) is -1.07.